The molecule has 6 atom stereocenters. The molecule has 1 aliphatic carbocycles. The van der Waals surface area contributed by atoms with Gasteiger partial charge in [-0.2, -0.15) is 0 Å². The second kappa shape index (κ2) is 20.8. The maximum absolute atomic E-state index is 14.4. The van der Waals surface area contributed by atoms with Gasteiger partial charge in [-0.15, -0.1) is 21.5 Å². The second-order valence-corrected chi connectivity index (χ2v) is 22.0. The number of rotatable bonds is 14. The number of carbonyl (C=O) groups is 3. The number of benzene rings is 2. The first-order valence-corrected chi connectivity index (χ1v) is 27.0. The highest BCUT2D eigenvalue weighted by Gasteiger charge is 2.45. The summed E-state index contributed by atoms with van der Waals surface area (Å²) in [6.07, 6.45) is 4.29. The standard InChI is InChI=1S/C55H64N12O7S/c1-31(2)50(55(72)66-29-40(68)24-45(66)53(70)59-32(3)34-9-11-35(12-10-34)51-33(4)58-30-75-51)47-26-48(62-74-47)63-17-19-64(20-18-63)54(71)36-21-41(22-36)73-49-23-37(15-16-57-49)67-38-13-14-39(67)28-65(27-38)44-25-43(60-61-52(44)56)42-7-5-6-8-46(42)69/h5-12,15-16,23,25-26,30-32,36,38-41,45,50,68-69H,13-14,17-22,24,27-29H2,1-4H3,(H2,56,61)(H,59,70)/t32-,36?,38?,39?,40+,41?,45-,50-/m0/s1. The summed E-state index contributed by atoms with van der Waals surface area (Å²) in [7, 11) is 0. The molecule has 0 radical (unpaired) electrons. The third-order valence-electron chi connectivity index (χ3n) is 15.9. The average Bonchev–Trinajstić information content (AvgIpc) is 4.21. The number of fused-ring (bicyclic) bond motifs is 2. The van der Waals surface area contributed by atoms with Crippen LogP contribution in [0, 0.1) is 18.8 Å². The van der Waals surface area contributed by atoms with Crippen LogP contribution < -0.4 is 30.5 Å². The van der Waals surface area contributed by atoms with E-state index in [-0.39, 0.29) is 72.5 Å². The first-order chi connectivity index (χ1) is 36.3. The van der Waals surface area contributed by atoms with E-state index in [1.54, 1.807) is 35.7 Å². The van der Waals surface area contributed by atoms with Crippen molar-refractivity contribution in [3.05, 3.63) is 102 Å². The van der Waals surface area contributed by atoms with Crippen LogP contribution >= 0.6 is 11.3 Å². The maximum atomic E-state index is 14.4. The Hall–Kier alpha value is -7.32. The molecule has 75 heavy (non-hydrogen) atoms. The molecular weight excluding hydrogens is 973 g/mol. The van der Waals surface area contributed by atoms with Crippen LogP contribution in [-0.2, 0) is 14.4 Å². The summed E-state index contributed by atoms with van der Waals surface area (Å²) in [5.74, 6) is 0.507. The highest BCUT2D eigenvalue weighted by atomic mass is 32.1. The SMILES string of the molecule is Cc1ncsc1-c1ccc([C@H](C)NC(=O)[C@@H]2C[C@@H](O)CN2C(=O)[C@H](c2cc(N3CCN(C(=O)C4CC(Oc5cc(N6C7CCC6CN(c6cc(-c8ccccc8O)nnc6N)C7)ccn5)C4)CC3)no2)C(C)C)cc1. The van der Waals surface area contributed by atoms with Crippen molar-refractivity contribution in [1.82, 2.24) is 40.4 Å². The Morgan fingerprint density at radius 2 is 1.63 bits per heavy atom. The minimum absolute atomic E-state index is 0.0427. The molecule has 4 aliphatic heterocycles. The van der Waals surface area contributed by atoms with Crippen LogP contribution in [-0.4, -0.2) is 139 Å². The molecule has 1 saturated carbocycles. The number of aliphatic hydroxyl groups is 1. The second-order valence-electron chi connectivity index (χ2n) is 21.1. The van der Waals surface area contributed by atoms with Crippen LogP contribution in [0.2, 0.25) is 0 Å². The van der Waals surface area contributed by atoms with Gasteiger partial charge >= 0.3 is 0 Å². The molecule has 2 bridgehead atoms. The molecule has 0 spiro atoms. The number of carbonyl (C=O) groups excluding carboxylic acids is 3. The van der Waals surface area contributed by atoms with Crippen molar-refractivity contribution in [2.75, 3.05) is 66.2 Å². The third-order valence-corrected chi connectivity index (χ3v) is 16.8. The number of thiazole rings is 1. The number of amides is 3. The zero-order valence-corrected chi connectivity index (χ0v) is 43.5. The average molecular weight is 1040 g/mol. The van der Waals surface area contributed by atoms with Gasteiger partial charge in [-0.1, -0.05) is 55.4 Å². The molecule has 3 amide bonds. The number of aromatic hydroxyl groups is 1. The van der Waals surface area contributed by atoms with Crippen LogP contribution in [0.1, 0.15) is 81.9 Å². The van der Waals surface area contributed by atoms with E-state index in [0.717, 1.165) is 59.0 Å². The Bertz CT molecular complexity index is 3030. The molecule has 5 aliphatic rings. The summed E-state index contributed by atoms with van der Waals surface area (Å²) in [4.78, 5) is 62.2. The Kier molecular flexibility index (Phi) is 13.8. The molecule has 392 valence electrons. The number of likely N-dealkylation sites (tertiary alicyclic amines) is 1. The van der Waals surface area contributed by atoms with Crippen LogP contribution in [0.3, 0.4) is 0 Å². The number of aromatic nitrogens is 5. The zero-order valence-electron chi connectivity index (χ0n) is 42.7. The van der Waals surface area contributed by atoms with Crippen molar-refractivity contribution < 1.29 is 33.9 Å². The summed E-state index contributed by atoms with van der Waals surface area (Å²) < 4.78 is 12.3. The monoisotopic (exact) mass is 1040 g/mol. The predicted molar refractivity (Wildman–Crippen MR) is 284 cm³/mol. The number of piperazine rings is 2. The molecule has 6 aromatic rings. The number of pyridine rings is 1. The number of ether oxygens (including phenoxy) is 1. The normalized spacial score (nSPS) is 23.3. The van der Waals surface area contributed by atoms with Gasteiger partial charge in [0.1, 0.15) is 23.8 Å². The van der Waals surface area contributed by atoms with Crippen molar-refractivity contribution in [3.8, 4) is 33.3 Å². The molecule has 5 N–H and O–H groups in total. The van der Waals surface area contributed by atoms with E-state index < -0.39 is 18.1 Å². The van der Waals surface area contributed by atoms with Gasteiger partial charge in [-0.3, -0.25) is 14.4 Å². The highest BCUT2D eigenvalue weighted by molar-refractivity contribution is 7.13. The summed E-state index contributed by atoms with van der Waals surface area (Å²) >= 11 is 1.59. The number of anilines is 4. The number of nitrogen functional groups attached to an aromatic ring is 1. The van der Waals surface area contributed by atoms with Crippen molar-refractivity contribution in [3.63, 3.8) is 0 Å². The molecule has 2 aromatic carbocycles. The van der Waals surface area contributed by atoms with Crippen LogP contribution in [0.5, 0.6) is 11.6 Å². The quantitative estimate of drug-likeness (QED) is 0.0953. The van der Waals surface area contributed by atoms with Gasteiger partial charge in [-0.25, -0.2) is 9.97 Å². The Morgan fingerprint density at radius 1 is 0.880 bits per heavy atom. The number of hydrogen-bond donors (Lipinski definition) is 4. The van der Waals surface area contributed by atoms with E-state index in [4.69, 9.17) is 15.0 Å². The molecule has 19 nitrogen and oxygen atoms in total. The fourth-order valence-electron chi connectivity index (χ4n) is 11.8. The molecule has 2 unspecified atom stereocenters. The van der Waals surface area contributed by atoms with Gasteiger partial charge in [0.2, 0.25) is 23.6 Å². The summed E-state index contributed by atoms with van der Waals surface area (Å²) in [5.41, 5.74) is 14.2. The van der Waals surface area contributed by atoms with Crippen molar-refractivity contribution in [2.24, 2.45) is 11.8 Å². The van der Waals surface area contributed by atoms with Gasteiger partial charge in [-0.05, 0) is 80.8 Å². The highest BCUT2D eigenvalue weighted by Crippen LogP contribution is 2.41. The number of aryl methyl sites for hydroxylation is 1. The molecule has 4 aromatic heterocycles. The number of nitrogens with one attached hydrogen (secondary N) is 1. The minimum Gasteiger partial charge on any atom is -0.507 e. The third kappa shape index (κ3) is 10.0. The number of hydrogen-bond acceptors (Lipinski definition) is 17. The molecule has 5 fully saturated rings. The predicted octanol–water partition coefficient (Wildman–Crippen LogP) is 6.19. The number of para-hydroxylation sites is 1. The lowest BCUT2D eigenvalue weighted by Gasteiger charge is -2.43. The van der Waals surface area contributed by atoms with E-state index in [2.05, 4.69) is 45.3 Å². The van der Waals surface area contributed by atoms with Crippen LogP contribution in [0.4, 0.5) is 23.0 Å². The first-order valence-electron chi connectivity index (χ1n) is 26.1. The lowest BCUT2D eigenvalue weighted by atomic mass is 9.81. The fourth-order valence-corrected chi connectivity index (χ4v) is 12.6. The summed E-state index contributed by atoms with van der Waals surface area (Å²) in [6.45, 7) is 11.5. The number of phenolic OH excluding ortho intramolecular Hbond substituents is 1. The van der Waals surface area contributed by atoms with Crippen LogP contribution in [0.15, 0.2) is 89.0 Å². The number of β-amino-alcohol motifs (C(OH)–C–C–N with tert-alkyl or cyclic N) is 1. The van der Waals surface area contributed by atoms with Crippen molar-refractivity contribution >= 4 is 52.1 Å². The topological polar surface area (TPSA) is 233 Å². The molecule has 11 rings (SSSR count). The lowest BCUT2D eigenvalue weighted by Crippen LogP contribution is -2.54. The Balaban J connectivity index is 0.653. The molecule has 20 heteroatoms. The number of nitrogens with zero attached hydrogens (tertiary/aromatic N) is 10. The van der Waals surface area contributed by atoms with Gasteiger partial charge in [0.15, 0.2) is 17.4 Å². The Labute approximate surface area is 439 Å². The van der Waals surface area contributed by atoms with Gasteiger partial charge in [0.05, 0.1) is 39.6 Å². The number of phenols is 1. The smallest absolute Gasteiger partial charge is 0.243 e. The molecule has 4 saturated heterocycles. The van der Waals surface area contributed by atoms with Gasteiger partial charge < -0.3 is 55.0 Å². The van der Waals surface area contributed by atoms with Crippen LogP contribution in [0.25, 0.3) is 21.7 Å². The minimum atomic E-state index is -0.843. The van der Waals surface area contributed by atoms with E-state index >= 15 is 0 Å². The summed E-state index contributed by atoms with van der Waals surface area (Å²) in [5, 5.41) is 37.3. The van der Waals surface area contributed by atoms with E-state index in [9.17, 15) is 24.6 Å². The summed E-state index contributed by atoms with van der Waals surface area (Å²) in [6, 6.07) is 22.2. The van der Waals surface area contributed by atoms with E-state index in [0.29, 0.717) is 73.6 Å². The molecular formula is C55H64N12O7S. The number of aliphatic hydroxyl groups excluding tert-OH is 1. The van der Waals surface area contributed by atoms with Gasteiger partial charge in [0.25, 0.3) is 0 Å². The number of nitrogens with two attached hydrogens (primary N) is 1. The first kappa shape index (κ1) is 49.9. The molecule has 8 heterocycles. The van der Waals surface area contributed by atoms with Crippen molar-refractivity contribution in [2.45, 2.75) is 102 Å². The lowest BCUT2D eigenvalue weighted by molar-refractivity contribution is -0.142. The fraction of sp³-hybridized carbons (Fsp3) is 0.455. The van der Waals surface area contributed by atoms with Gasteiger partial charge in [0, 0.05) is 99.8 Å². The largest absolute Gasteiger partial charge is 0.507 e. The van der Waals surface area contributed by atoms with E-state index in [1.807, 2.05) is 92.7 Å². The zero-order chi connectivity index (χ0) is 52.1. The van der Waals surface area contributed by atoms with Crippen molar-refractivity contribution in [1.29, 1.82) is 0 Å². The maximum Gasteiger partial charge on any atom is 0.243 e. The van der Waals surface area contributed by atoms with E-state index in [1.165, 1.54) is 4.90 Å². The Morgan fingerprint density at radius 3 is 2.33 bits per heavy atom.